The fourth-order valence-corrected chi connectivity index (χ4v) is 2.61. The van der Waals surface area contributed by atoms with E-state index in [-0.39, 0.29) is 5.03 Å². The molecule has 1 aromatic carbocycles. The molecule has 2 aromatic heterocycles. The third-order valence-corrected chi connectivity index (χ3v) is 4.18. The van der Waals surface area contributed by atoms with Crippen molar-refractivity contribution in [1.82, 2.24) is 24.1 Å². The summed E-state index contributed by atoms with van der Waals surface area (Å²) in [6.45, 7) is 1.73. The molecule has 0 aliphatic rings. The zero-order chi connectivity index (χ0) is 14.9. The van der Waals surface area contributed by atoms with E-state index in [9.17, 15) is 8.42 Å². The highest BCUT2D eigenvalue weighted by Crippen LogP contribution is 2.15. The van der Waals surface area contributed by atoms with Crippen molar-refractivity contribution in [1.29, 1.82) is 0 Å². The highest BCUT2D eigenvalue weighted by Gasteiger charge is 2.21. The van der Waals surface area contributed by atoms with E-state index in [0.29, 0.717) is 11.5 Å². The molecule has 0 saturated carbocycles. The summed E-state index contributed by atoms with van der Waals surface area (Å²) in [6.07, 6.45) is 3.75. The summed E-state index contributed by atoms with van der Waals surface area (Å²) in [5.41, 5.74) is 1.37. The number of nitrogens with zero attached hydrogens (tertiary/aromatic N) is 5. The zero-order valence-corrected chi connectivity index (χ0v) is 11.9. The van der Waals surface area contributed by atoms with Gasteiger partial charge in [0.15, 0.2) is 10.9 Å². The van der Waals surface area contributed by atoms with Crippen LogP contribution in [0.5, 0.6) is 0 Å². The van der Waals surface area contributed by atoms with Gasteiger partial charge >= 0.3 is 10.0 Å². The van der Waals surface area contributed by atoms with Crippen LogP contribution in [0.4, 0.5) is 0 Å². The van der Waals surface area contributed by atoms with E-state index in [0.717, 1.165) is 16.0 Å². The Kier molecular flexibility index (Phi) is 3.22. The van der Waals surface area contributed by atoms with Crippen LogP contribution < -0.4 is 0 Å². The van der Waals surface area contributed by atoms with Gasteiger partial charge in [-0.25, -0.2) is 9.97 Å². The Labute approximate surface area is 121 Å². The third kappa shape index (κ3) is 2.52. The molecule has 8 heteroatoms. The van der Waals surface area contributed by atoms with Crippen molar-refractivity contribution in [3.8, 4) is 11.4 Å². The third-order valence-electron chi connectivity index (χ3n) is 2.77. The Morgan fingerprint density at radius 2 is 1.76 bits per heavy atom. The van der Waals surface area contributed by atoms with Crippen molar-refractivity contribution in [2.45, 2.75) is 11.9 Å². The first-order valence-electron chi connectivity index (χ1n) is 6.09. The monoisotopic (exact) mass is 301 g/mol. The highest BCUT2D eigenvalue weighted by molar-refractivity contribution is 7.89. The number of hydrogen-bond acceptors (Lipinski definition) is 6. The number of aromatic nitrogens is 5. The van der Waals surface area contributed by atoms with Crippen LogP contribution in [0.15, 0.2) is 54.1 Å². The summed E-state index contributed by atoms with van der Waals surface area (Å²) in [5, 5.41) is 3.83. The number of aryl methyl sites for hydroxylation is 1. The molecule has 2 heterocycles. The van der Waals surface area contributed by atoms with Crippen molar-refractivity contribution in [3.63, 3.8) is 0 Å². The molecule has 0 amide bonds. The van der Waals surface area contributed by atoms with Gasteiger partial charge in [-0.15, -0.1) is 9.19 Å². The molecule has 0 N–H and O–H groups in total. The summed E-state index contributed by atoms with van der Waals surface area (Å²) < 4.78 is 25.5. The Balaban J connectivity index is 2.01. The molecule has 0 saturated heterocycles. The zero-order valence-electron chi connectivity index (χ0n) is 11.1. The average molecular weight is 301 g/mol. The van der Waals surface area contributed by atoms with E-state index in [1.807, 2.05) is 18.2 Å². The van der Waals surface area contributed by atoms with Gasteiger partial charge in [0.05, 0.1) is 11.9 Å². The molecule has 3 aromatic rings. The second-order valence-corrected chi connectivity index (χ2v) is 6.05. The molecule has 7 nitrogen and oxygen atoms in total. The molecule has 0 aliphatic heterocycles. The number of hydrogen-bond donors (Lipinski definition) is 0. The standard InChI is InChI=1S/C13H11N5O2S/c1-10-7-15-12(8-14-10)21(19,20)18-9-16-13(17-18)11-5-3-2-4-6-11/h2-9H,1H3. The minimum Gasteiger partial charge on any atom is -0.257 e. The lowest BCUT2D eigenvalue weighted by Gasteiger charge is -2.02. The van der Waals surface area contributed by atoms with E-state index in [4.69, 9.17) is 0 Å². The first-order valence-corrected chi connectivity index (χ1v) is 7.53. The lowest BCUT2D eigenvalue weighted by atomic mass is 10.2. The molecule has 0 atom stereocenters. The van der Waals surface area contributed by atoms with Crippen molar-refractivity contribution in [2.24, 2.45) is 0 Å². The van der Waals surface area contributed by atoms with Crippen molar-refractivity contribution >= 4 is 10.0 Å². The van der Waals surface area contributed by atoms with E-state index < -0.39 is 10.0 Å². The van der Waals surface area contributed by atoms with E-state index in [1.54, 1.807) is 19.1 Å². The maximum Gasteiger partial charge on any atom is 0.303 e. The van der Waals surface area contributed by atoms with Gasteiger partial charge in [0.1, 0.15) is 6.33 Å². The normalized spacial score (nSPS) is 11.5. The van der Waals surface area contributed by atoms with Crippen LogP contribution in [-0.2, 0) is 10.0 Å². The lowest BCUT2D eigenvalue weighted by Crippen LogP contribution is -2.15. The second kappa shape index (κ2) is 5.06. The van der Waals surface area contributed by atoms with Crippen molar-refractivity contribution in [3.05, 3.63) is 54.7 Å². The molecular formula is C13H11N5O2S. The van der Waals surface area contributed by atoms with Crippen LogP contribution in [0.3, 0.4) is 0 Å². The molecule has 0 aliphatic carbocycles. The van der Waals surface area contributed by atoms with Crippen LogP contribution in [-0.4, -0.2) is 32.6 Å². The SMILES string of the molecule is Cc1cnc(S(=O)(=O)n2cnc(-c3ccccc3)n2)cn1. The predicted molar refractivity (Wildman–Crippen MR) is 74.8 cm³/mol. The summed E-state index contributed by atoms with van der Waals surface area (Å²) in [4.78, 5) is 11.8. The van der Waals surface area contributed by atoms with Gasteiger partial charge in [-0.1, -0.05) is 30.3 Å². The first kappa shape index (κ1) is 13.4. The van der Waals surface area contributed by atoms with Crippen LogP contribution >= 0.6 is 0 Å². The molecule has 0 unspecified atom stereocenters. The Hall–Kier alpha value is -2.61. The largest absolute Gasteiger partial charge is 0.303 e. The number of benzene rings is 1. The number of rotatable bonds is 3. The Bertz CT molecular complexity index is 857. The molecule has 0 fully saturated rings. The Morgan fingerprint density at radius 3 is 2.43 bits per heavy atom. The van der Waals surface area contributed by atoms with Crippen molar-refractivity contribution in [2.75, 3.05) is 0 Å². The average Bonchev–Trinajstić information content (AvgIpc) is 2.99. The Morgan fingerprint density at radius 1 is 1.00 bits per heavy atom. The van der Waals surface area contributed by atoms with Gasteiger partial charge in [0.2, 0.25) is 0 Å². The van der Waals surface area contributed by atoms with Crippen LogP contribution in [0.1, 0.15) is 5.69 Å². The van der Waals surface area contributed by atoms with Crippen LogP contribution in [0.25, 0.3) is 11.4 Å². The fourth-order valence-electron chi connectivity index (χ4n) is 1.69. The maximum atomic E-state index is 12.3. The first-order chi connectivity index (χ1) is 10.1. The van der Waals surface area contributed by atoms with E-state index in [2.05, 4.69) is 20.1 Å². The molecule has 0 bridgehead atoms. The van der Waals surface area contributed by atoms with Crippen molar-refractivity contribution < 1.29 is 8.42 Å². The summed E-state index contributed by atoms with van der Waals surface area (Å²) in [5.74, 6) is 0.333. The fraction of sp³-hybridized carbons (Fsp3) is 0.0769. The topological polar surface area (TPSA) is 90.6 Å². The van der Waals surface area contributed by atoms with E-state index >= 15 is 0 Å². The van der Waals surface area contributed by atoms with Crippen LogP contribution in [0.2, 0.25) is 0 Å². The minimum atomic E-state index is -3.87. The molecular weight excluding hydrogens is 290 g/mol. The summed E-state index contributed by atoms with van der Waals surface area (Å²) in [7, 11) is -3.87. The maximum absolute atomic E-state index is 12.3. The van der Waals surface area contributed by atoms with Gasteiger partial charge in [0, 0.05) is 11.8 Å². The highest BCUT2D eigenvalue weighted by atomic mass is 32.2. The van der Waals surface area contributed by atoms with Gasteiger partial charge in [-0.3, -0.25) is 4.98 Å². The van der Waals surface area contributed by atoms with Crippen LogP contribution in [0, 0.1) is 6.92 Å². The molecule has 3 rings (SSSR count). The summed E-state index contributed by atoms with van der Waals surface area (Å²) in [6, 6.07) is 9.13. The predicted octanol–water partition coefficient (Wildman–Crippen LogP) is 1.28. The smallest absolute Gasteiger partial charge is 0.257 e. The van der Waals surface area contributed by atoms with Gasteiger partial charge in [-0.05, 0) is 6.92 Å². The summed E-state index contributed by atoms with van der Waals surface area (Å²) >= 11 is 0. The molecule has 0 spiro atoms. The van der Waals surface area contributed by atoms with Gasteiger partial charge in [0.25, 0.3) is 0 Å². The molecule has 0 radical (unpaired) electrons. The van der Waals surface area contributed by atoms with Gasteiger partial charge in [-0.2, -0.15) is 8.42 Å². The quantitative estimate of drug-likeness (QED) is 0.724. The van der Waals surface area contributed by atoms with Gasteiger partial charge < -0.3 is 0 Å². The molecule has 106 valence electrons. The van der Waals surface area contributed by atoms with E-state index in [1.165, 1.54) is 12.4 Å². The minimum absolute atomic E-state index is 0.169. The lowest BCUT2D eigenvalue weighted by molar-refractivity contribution is 0.575. The second-order valence-electron chi connectivity index (χ2n) is 4.31. The molecule has 21 heavy (non-hydrogen) atoms.